The van der Waals surface area contributed by atoms with Crippen LogP contribution < -0.4 is 15.0 Å². The number of benzene rings is 1. The molecule has 2 heterocycles. The van der Waals surface area contributed by atoms with Crippen LogP contribution in [0.5, 0.6) is 11.5 Å². The molecule has 1 aromatic heterocycles. The lowest BCUT2D eigenvalue weighted by Crippen LogP contribution is -2.52. The summed E-state index contributed by atoms with van der Waals surface area (Å²) in [5, 5.41) is 4.24. The van der Waals surface area contributed by atoms with Gasteiger partial charge in [0.05, 0.1) is 32.0 Å². The lowest BCUT2D eigenvalue weighted by atomic mass is 9.98. The van der Waals surface area contributed by atoms with E-state index in [0.717, 1.165) is 5.69 Å². The lowest BCUT2D eigenvalue weighted by Gasteiger charge is -2.39. The third-order valence-corrected chi connectivity index (χ3v) is 4.31. The fourth-order valence-electron chi connectivity index (χ4n) is 2.92. The van der Waals surface area contributed by atoms with Crippen molar-refractivity contribution in [2.24, 2.45) is 5.92 Å². The topological polar surface area (TPSA) is 73.7 Å². The maximum Gasteiger partial charge on any atom is 0.266 e. The average molecular weight is 343 g/mol. The molecule has 1 aliphatic rings. The molecule has 1 saturated heterocycles. The average Bonchev–Trinajstić information content (AvgIpc) is 2.59. The number of hydrogen-bond donors (Lipinski definition) is 0. The minimum Gasteiger partial charge on any atom is -0.497 e. The molecule has 0 atom stereocenters. The summed E-state index contributed by atoms with van der Waals surface area (Å²) in [7, 11) is 3.10. The van der Waals surface area contributed by atoms with Gasteiger partial charge >= 0.3 is 0 Å². The van der Waals surface area contributed by atoms with Gasteiger partial charge in [-0.05, 0) is 25.1 Å². The number of amides is 1. The smallest absolute Gasteiger partial charge is 0.266 e. The van der Waals surface area contributed by atoms with Gasteiger partial charge in [-0.2, -0.15) is 5.10 Å². The van der Waals surface area contributed by atoms with E-state index in [1.165, 1.54) is 17.9 Å². The Labute approximate surface area is 145 Å². The third kappa shape index (κ3) is 3.50. The van der Waals surface area contributed by atoms with Crippen LogP contribution in [0.4, 0.5) is 0 Å². The number of ether oxygens (including phenoxy) is 2. The van der Waals surface area contributed by atoms with E-state index in [2.05, 4.69) is 5.10 Å². The number of likely N-dealkylation sites (tertiary alicyclic amines) is 1. The van der Waals surface area contributed by atoms with E-state index in [4.69, 9.17) is 9.47 Å². The van der Waals surface area contributed by atoms with Gasteiger partial charge in [-0.1, -0.05) is 0 Å². The molecule has 0 saturated carbocycles. The van der Waals surface area contributed by atoms with Crippen molar-refractivity contribution in [3.05, 3.63) is 51.9 Å². The highest BCUT2D eigenvalue weighted by atomic mass is 16.5. The molecule has 2 aromatic rings. The van der Waals surface area contributed by atoms with E-state index in [-0.39, 0.29) is 17.4 Å². The summed E-state index contributed by atoms with van der Waals surface area (Å²) in [5.74, 6) is 1.27. The highest BCUT2D eigenvalue weighted by molar-refractivity contribution is 5.97. The Balaban J connectivity index is 1.65. The summed E-state index contributed by atoms with van der Waals surface area (Å²) in [4.78, 5) is 26.2. The van der Waals surface area contributed by atoms with E-state index in [1.807, 2.05) is 6.92 Å². The summed E-state index contributed by atoms with van der Waals surface area (Å²) in [6, 6.07) is 8.36. The van der Waals surface area contributed by atoms with E-state index >= 15 is 0 Å². The van der Waals surface area contributed by atoms with Gasteiger partial charge in [0.2, 0.25) is 0 Å². The van der Waals surface area contributed by atoms with Crippen molar-refractivity contribution in [3.63, 3.8) is 0 Å². The molecule has 7 nitrogen and oxygen atoms in total. The fourth-order valence-corrected chi connectivity index (χ4v) is 2.92. The number of rotatable bonds is 5. The number of methoxy groups -OCH3 is 2. The second kappa shape index (κ2) is 6.96. The van der Waals surface area contributed by atoms with Gasteiger partial charge in [0, 0.05) is 31.1 Å². The maximum atomic E-state index is 12.6. The molecule has 0 radical (unpaired) electrons. The van der Waals surface area contributed by atoms with Crippen molar-refractivity contribution in [2.45, 2.75) is 13.5 Å². The highest BCUT2D eigenvalue weighted by Crippen LogP contribution is 2.28. The summed E-state index contributed by atoms with van der Waals surface area (Å²) in [5.41, 5.74) is 1.19. The first-order chi connectivity index (χ1) is 12.0. The summed E-state index contributed by atoms with van der Waals surface area (Å²) in [6.07, 6.45) is 0. The SMILES string of the molecule is COc1ccc(C(=O)N2CC(Cn3nc(C)ccc3=O)C2)c(OC)c1. The third-order valence-electron chi connectivity index (χ3n) is 4.31. The van der Waals surface area contributed by atoms with Gasteiger partial charge < -0.3 is 14.4 Å². The van der Waals surface area contributed by atoms with Crippen LogP contribution in [0.15, 0.2) is 35.1 Å². The first-order valence-electron chi connectivity index (χ1n) is 8.08. The molecule has 0 N–H and O–H groups in total. The second-order valence-corrected chi connectivity index (χ2v) is 6.14. The van der Waals surface area contributed by atoms with Crippen LogP contribution in [0.2, 0.25) is 0 Å². The minimum atomic E-state index is -0.118. The Morgan fingerprint density at radius 3 is 2.64 bits per heavy atom. The van der Waals surface area contributed by atoms with Crippen molar-refractivity contribution < 1.29 is 14.3 Å². The van der Waals surface area contributed by atoms with Gasteiger partial charge in [0.1, 0.15) is 11.5 Å². The lowest BCUT2D eigenvalue weighted by molar-refractivity contribution is 0.0455. The van der Waals surface area contributed by atoms with Crippen LogP contribution >= 0.6 is 0 Å². The molecule has 25 heavy (non-hydrogen) atoms. The van der Waals surface area contributed by atoms with Gasteiger partial charge in [-0.25, -0.2) is 4.68 Å². The molecule has 0 aliphatic carbocycles. The minimum absolute atomic E-state index is 0.0831. The Morgan fingerprint density at radius 2 is 1.96 bits per heavy atom. The molecule has 1 fully saturated rings. The standard InChI is InChI=1S/C18H21N3O4/c1-12-4-7-17(22)21(19-12)11-13-9-20(10-13)18(23)15-6-5-14(24-2)8-16(15)25-3/h4-8,13H,9-11H2,1-3H3. The van der Waals surface area contributed by atoms with Gasteiger partial charge in [-0.15, -0.1) is 0 Å². The monoisotopic (exact) mass is 343 g/mol. The van der Waals surface area contributed by atoms with E-state index < -0.39 is 0 Å². The van der Waals surface area contributed by atoms with Gasteiger partial charge in [0.25, 0.3) is 11.5 Å². The zero-order valence-corrected chi connectivity index (χ0v) is 14.6. The van der Waals surface area contributed by atoms with Crippen LogP contribution in [0.3, 0.4) is 0 Å². The summed E-state index contributed by atoms with van der Waals surface area (Å²) in [6.45, 7) is 3.55. The van der Waals surface area contributed by atoms with E-state index in [0.29, 0.717) is 36.7 Å². The molecule has 7 heteroatoms. The number of hydrogen-bond acceptors (Lipinski definition) is 5. The normalized spacial score (nSPS) is 14.1. The van der Waals surface area contributed by atoms with Crippen LogP contribution in [0, 0.1) is 12.8 Å². The van der Waals surface area contributed by atoms with Crippen molar-refractivity contribution >= 4 is 5.91 Å². The Kier molecular flexibility index (Phi) is 4.74. The molecule has 1 amide bonds. The zero-order chi connectivity index (χ0) is 18.0. The quantitative estimate of drug-likeness (QED) is 0.819. The van der Waals surface area contributed by atoms with Crippen molar-refractivity contribution in [3.8, 4) is 11.5 Å². The fraction of sp³-hybridized carbons (Fsp3) is 0.389. The van der Waals surface area contributed by atoms with Crippen LogP contribution in [0.1, 0.15) is 16.1 Å². The molecular formula is C18H21N3O4. The Morgan fingerprint density at radius 1 is 1.20 bits per heavy atom. The number of aryl methyl sites for hydroxylation is 1. The molecular weight excluding hydrogens is 322 g/mol. The molecule has 0 bridgehead atoms. The molecule has 1 aromatic carbocycles. The van der Waals surface area contributed by atoms with Crippen molar-refractivity contribution in [2.75, 3.05) is 27.3 Å². The molecule has 1 aliphatic heterocycles. The number of aromatic nitrogens is 2. The maximum absolute atomic E-state index is 12.6. The highest BCUT2D eigenvalue weighted by Gasteiger charge is 2.33. The molecule has 0 unspecified atom stereocenters. The first-order valence-corrected chi connectivity index (χ1v) is 8.08. The van der Waals surface area contributed by atoms with Gasteiger partial charge in [0.15, 0.2) is 0 Å². The number of carbonyl (C=O) groups excluding carboxylic acids is 1. The Hall–Kier alpha value is -2.83. The van der Waals surface area contributed by atoms with Crippen molar-refractivity contribution in [1.29, 1.82) is 0 Å². The molecule has 132 valence electrons. The number of nitrogens with zero attached hydrogens (tertiary/aromatic N) is 3. The van der Waals surface area contributed by atoms with Crippen LogP contribution in [-0.2, 0) is 6.54 Å². The zero-order valence-electron chi connectivity index (χ0n) is 14.6. The predicted octanol–water partition coefficient (Wildman–Crippen LogP) is 1.34. The summed E-state index contributed by atoms with van der Waals surface area (Å²) >= 11 is 0. The number of carbonyl (C=O) groups is 1. The summed E-state index contributed by atoms with van der Waals surface area (Å²) < 4.78 is 11.9. The largest absolute Gasteiger partial charge is 0.497 e. The first kappa shape index (κ1) is 17.0. The second-order valence-electron chi connectivity index (χ2n) is 6.14. The van der Waals surface area contributed by atoms with Crippen LogP contribution in [0.25, 0.3) is 0 Å². The van der Waals surface area contributed by atoms with Crippen molar-refractivity contribution in [1.82, 2.24) is 14.7 Å². The Bertz CT molecular complexity index is 840. The van der Waals surface area contributed by atoms with Crippen LogP contribution in [-0.4, -0.2) is 47.9 Å². The molecule has 3 rings (SSSR count). The van der Waals surface area contributed by atoms with E-state index in [1.54, 1.807) is 36.3 Å². The van der Waals surface area contributed by atoms with Gasteiger partial charge in [-0.3, -0.25) is 9.59 Å². The molecule has 0 spiro atoms. The predicted molar refractivity (Wildman–Crippen MR) is 92.2 cm³/mol. The van der Waals surface area contributed by atoms with E-state index in [9.17, 15) is 9.59 Å².